The Morgan fingerprint density at radius 2 is 1.53 bits per heavy atom. The number of unbranched alkanes of at least 4 members (excludes halogenated alkanes) is 4. The maximum absolute atomic E-state index is 6.21. The molecule has 2 N–H and O–H groups in total. The third kappa shape index (κ3) is 10.6. The molecule has 0 radical (unpaired) electrons. The Morgan fingerprint density at radius 1 is 1.00 bits per heavy atom. The first-order valence-electron chi connectivity index (χ1n) is 6.73. The summed E-state index contributed by atoms with van der Waals surface area (Å²) in [6.07, 6.45) is 13.8. The van der Waals surface area contributed by atoms with E-state index in [1.165, 1.54) is 32.1 Å². The van der Waals surface area contributed by atoms with E-state index in [0.717, 1.165) is 19.3 Å². The van der Waals surface area contributed by atoms with Gasteiger partial charge < -0.3 is 5.73 Å². The summed E-state index contributed by atoms with van der Waals surface area (Å²) < 4.78 is 0. The summed E-state index contributed by atoms with van der Waals surface area (Å²) in [5.41, 5.74) is 6.21. The smallest absolute Gasteiger partial charge is 0.00730 e. The molecular formula is C15H30ClN. The SMILES string of the molecule is C=CCC(CC=C)C(N)CCCCCCC.Cl. The summed E-state index contributed by atoms with van der Waals surface area (Å²) in [5.74, 6) is 0.543. The van der Waals surface area contributed by atoms with Crippen LogP contribution in [0, 0.1) is 5.92 Å². The van der Waals surface area contributed by atoms with E-state index >= 15 is 0 Å². The van der Waals surface area contributed by atoms with Crippen LogP contribution in [-0.4, -0.2) is 6.04 Å². The van der Waals surface area contributed by atoms with Gasteiger partial charge >= 0.3 is 0 Å². The van der Waals surface area contributed by atoms with Crippen molar-refractivity contribution in [2.75, 3.05) is 0 Å². The minimum absolute atomic E-state index is 0. The minimum atomic E-state index is 0. The normalized spacial score (nSPS) is 11.9. The second-order valence-corrected chi connectivity index (χ2v) is 4.68. The first kappa shape index (κ1) is 19.1. The van der Waals surface area contributed by atoms with Gasteiger partial charge in [-0.1, -0.05) is 51.2 Å². The fraction of sp³-hybridized carbons (Fsp3) is 0.733. The monoisotopic (exact) mass is 259 g/mol. The van der Waals surface area contributed by atoms with E-state index < -0.39 is 0 Å². The van der Waals surface area contributed by atoms with Gasteiger partial charge in [-0.05, 0) is 25.2 Å². The first-order valence-corrected chi connectivity index (χ1v) is 6.73. The van der Waals surface area contributed by atoms with Gasteiger partial charge in [0.25, 0.3) is 0 Å². The molecule has 0 saturated heterocycles. The molecule has 2 heteroatoms. The summed E-state index contributed by atoms with van der Waals surface area (Å²) in [5, 5.41) is 0. The van der Waals surface area contributed by atoms with E-state index in [2.05, 4.69) is 20.1 Å². The largest absolute Gasteiger partial charge is 0.327 e. The van der Waals surface area contributed by atoms with Crippen molar-refractivity contribution in [2.45, 2.75) is 64.3 Å². The highest BCUT2D eigenvalue weighted by molar-refractivity contribution is 5.85. The minimum Gasteiger partial charge on any atom is -0.327 e. The van der Waals surface area contributed by atoms with Crippen molar-refractivity contribution >= 4 is 12.4 Å². The van der Waals surface area contributed by atoms with E-state index in [0.29, 0.717) is 12.0 Å². The van der Waals surface area contributed by atoms with Crippen molar-refractivity contribution in [1.82, 2.24) is 0 Å². The topological polar surface area (TPSA) is 26.0 Å². The van der Waals surface area contributed by atoms with Gasteiger partial charge in [-0.3, -0.25) is 0 Å². The molecule has 17 heavy (non-hydrogen) atoms. The van der Waals surface area contributed by atoms with E-state index in [4.69, 9.17) is 5.73 Å². The molecule has 0 saturated carbocycles. The number of rotatable bonds is 11. The average molecular weight is 260 g/mol. The van der Waals surface area contributed by atoms with E-state index in [-0.39, 0.29) is 12.4 Å². The molecule has 0 aliphatic carbocycles. The average Bonchev–Trinajstić information content (AvgIpc) is 2.28. The Morgan fingerprint density at radius 3 is 2.00 bits per heavy atom. The summed E-state index contributed by atoms with van der Waals surface area (Å²) in [6, 6.07) is 0.317. The van der Waals surface area contributed by atoms with Crippen LogP contribution in [0.15, 0.2) is 25.3 Å². The zero-order chi connectivity index (χ0) is 12.2. The highest BCUT2D eigenvalue weighted by Crippen LogP contribution is 2.18. The third-order valence-electron chi connectivity index (χ3n) is 3.19. The molecule has 0 fully saturated rings. The van der Waals surface area contributed by atoms with Gasteiger partial charge in [-0.25, -0.2) is 0 Å². The van der Waals surface area contributed by atoms with E-state index in [1.54, 1.807) is 0 Å². The van der Waals surface area contributed by atoms with Gasteiger partial charge in [-0.15, -0.1) is 25.6 Å². The van der Waals surface area contributed by atoms with Crippen LogP contribution < -0.4 is 5.73 Å². The van der Waals surface area contributed by atoms with Crippen molar-refractivity contribution < 1.29 is 0 Å². The number of nitrogens with two attached hydrogens (primary N) is 1. The van der Waals surface area contributed by atoms with E-state index in [9.17, 15) is 0 Å². The molecule has 0 bridgehead atoms. The maximum Gasteiger partial charge on any atom is 0.00730 e. The number of hydrogen-bond acceptors (Lipinski definition) is 1. The summed E-state index contributed by atoms with van der Waals surface area (Å²) in [4.78, 5) is 0. The number of halogens is 1. The lowest BCUT2D eigenvalue weighted by molar-refractivity contribution is 0.392. The molecule has 102 valence electrons. The van der Waals surface area contributed by atoms with Gasteiger partial charge in [0.2, 0.25) is 0 Å². The van der Waals surface area contributed by atoms with Gasteiger partial charge in [-0.2, -0.15) is 0 Å². The molecule has 0 spiro atoms. The summed E-state index contributed by atoms with van der Waals surface area (Å²) in [7, 11) is 0. The Balaban J connectivity index is 0. The van der Waals surface area contributed by atoms with Crippen LogP contribution in [0.1, 0.15) is 58.3 Å². The summed E-state index contributed by atoms with van der Waals surface area (Å²) in [6.45, 7) is 9.84. The molecule has 0 aromatic carbocycles. The lowest BCUT2D eigenvalue weighted by Crippen LogP contribution is -2.29. The summed E-state index contributed by atoms with van der Waals surface area (Å²) >= 11 is 0. The van der Waals surface area contributed by atoms with Crippen LogP contribution in [0.25, 0.3) is 0 Å². The van der Waals surface area contributed by atoms with Crippen molar-refractivity contribution in [3.8, 4) is 0 Å². The Labute approximate surface area is 114 Å². The molecule has 0 aliphatic rings. The molecule has 0 amide bonds. The van der Waals surface area contributed by atoms with Crippen molar-refractivity contribution in [3.63, 3.8) is 0 Å². The fourth-order valence-electron chi connectivity index (χ4n) is 2.09. The predicted octanol–water partition coefficient (Wildman–Crippen LogP) is 4.86. The molecule has 0 aromatic heterocycles. The second-order valence-electron chi connectivity index (χ2n) is 4.68. The molecule has 1 atom stereocenters. The highest BCUT2D eigenvalue weighted by atomic mass is 35.5. The quantitative estimate of drug-likeness (QED) is 0.416. The van der Waals surface area contributed by atoms with Crippen LogP contribution in [-0.2, 0) is 0 Å². The first-order chi connectivity index (χ1) is 7.76. The zero-order valence-corrected chi connectivity index (χ0v) is 12.2. The van der Waals surface area contributed by atoms with Crippen LogP contribution in [0.4, 0.5) is 0 Å². The van der Waals surface area contributed by atoms with Crippen molar-refractivity contribution in [1.29, 1.82) is 0 Å². The lowest BCUT2D eigenvalue weighted by atomic mass is 9.89. The molecule has 0 aliphatic heterocycles. The Hall–Kier alpha value is -0.270. The maximum atomic E-state index is 6.21. The molecule has 1 unspecified atom stereocenters. The highest BCUT2D eigenvalue weighted by Gasteiger charge is 2.14. The lowest BCUT2D eigenvalue weighted by Gasteiger charge is -2.21. The third-order valence-corrected chi connectivity index (χ3v) is 3.19. The molecule has 0 aromatic rings. The second kappa shape index (κ2) is 13.8. The number of allylic oxidation sites excluding steroid dienone is 2. The Kier molecular flexibility index (Phi) is 15.5. The standard InChI is InChI=1S/C15H29N.ClH/c1-4-7-8-9-10-13-15(16)14(11-5-2)12-6-3;/h5-6,14-15H,2-4,7-13,16H2,1H3;1H. The molecular weight excluding hydrogens is 230 g/mol. The fourth-order valence-corrected chi connectivity index (χ4v) is 2.09. The van der Waals surface area contributed by atoms with Gasteiger partial charge in [0, 0.05) is 6.04 Å². The van der Waals surface area contributed by atoms with Gasteiger partial charge in [0.05, 0.1) is 0 Å². The number of hydrogen-bond donors (Lipinski definition) is 1. The van der Waals surface area contributed by atoms with Crippen LogP contribution in [0.5, 0.6) is 0 Å². The van der Waals surface area contributed by atoms with Crippen LogP contribution in [0.2, 0.25) is 0 Å². The van der Waals surface area contributed by atoms with Crippen molar-refractivity contribution in [3.05, 3.63) is 25.3 Å². The van der Waals surface area contributed by atoms with Gasteiger partial charge in [0.1, 0.15) is 0 Å². The van der Waals surface area contributed by atoms with Crippen LogP contribution in [0.3, 0.4) is 0 Å². The van der Waals surface area contributed by atoms with Gasteiger partial charge in [0.15, 0.2) is 0 Å². The molecule has 0 heterocycles. The zero-order valence-electron chi connectivity index (χ0n) is 11.4. The molecule has 0 rings (SSSR count). The van der Waals surface area contributed by atoms with Crippen LogP contribution >= 0.6 is 12.4 Å². The predicted molar refractivity (Wildman–Crippen MR) is 81.7 cm³/mol. The van der Waals surface area contributed by atoms with E-state index in [1.807, 2.05) is 12.2 Å². The van der Waals surface area contributed by atoms with Crippen molar-refractivity contribution in [2.24, 2.45) is 11.7 Å². The molecule has 1 nitrogen and oxygen atoms in total. The Bertz CT molecular complexity index is 170.